The van der Waals surface area contributed by atoms with E-state index in [1.165, 1.54) is 11.3 Å². The Morgan fingerprint density at radius 3 is 1.67 bits per heavy atom. The van der Waals surface area contributed by atoms with Crippen LogP contribution in [-0.2, 0) is 29.1 Å². The molecule has 0 saturated carbocycles. The Morgan fingerprint density at radius 1 is 0.621 bits per heavy atom. The van der Waals surface area contributed by atoms with Crippen molar-refractivity contribution >= 4 is 51.7 Å². The Labute approximate surface area is 351 Å². The molecule has 4 aromatic carbocycles. The Morgan fingerprint density at radius 2 is 1.14 bits per heavy atom. The van der Waals surface area contributed by atoms with Gasteiger partial charge in [0.15, 0.2) is 0 Å². The average Bonchev–Trinajstić information content (AvgIpc) is 4.07. The van der Waals surface area contributed by atoms with E-state index in [0.29, 0.717) is 37.5 Å². The van der Waals surface area contributed by atoms with E-state index in [-0.39, 0.29) is 17.7 Å². The van der Waals surface area contributed by atoms with Gasteiger partial charge in [0.05, 0.1) is 34.1 Å². The second-order valence-corrected chi connectivity index (χ2v) is 17.1. The van der Waals surface area contributed by atoms with E-state index < -0.39 is 6.04 Å². The van der Waals surface area contributed by atoms with Gasteiger partial charge in [0.2, 0.25) is 11.8 Å². The number of hydrogen-bond acceptors (Lipinski definition) is 8. The highest BCUT2D eigenvalue weighted by atomic mass is 32.1. The highest BCUT2D eigenvalue weighted by Crippen LogP contribution is 2.32. The van der Waals surface area contributed by atoms with Crippen LogP contribution in [-0.4, -0.2) is 50.6 Å². The zero-order valence-corrected chi connectivity index (χ0v) is 35.0. The number of thiazole rings is 2. The molecule has 0 unspecified atom stereocenters. The van der Waals surface area contributed by atoms with Crippen molar-refractivity contribution in [2.24, 2.45) is 0 Å². The molecule has 0 bridgehead atoms. The molecule has 3 heterocycles. The molecule has 0 radical (unpaired) electrons. The van der Waals surface area contributed by atoms with Crippen molar-refractivity contribution in [1.82, 2.24) is 25.1 Å². The predicted molar refractivity (Wildman–Crippen MR) is 237 cm³/mol. The molecule has 1 N–H and O–H groups in total. The number of carbonyl (C=O) groups excluding carboxylic acids is 3. The lowest BCUT2D eigenvalue weighted by Gasteiger charge is -2.27. The van der Waals surface area contributed by atoms with Crippen LogP contribution in [0.1, 0.15) is 63.5 Å². The molecule has 3 amide bonds. The summed E-state index contributed by atoms with van der Waals surface area (Å²) in [5.41, 5.74) is 6.12. The third-order valence-corrected chi connectivity index (χ3v) is 12.6. The van der Waals surface area contributed by atoms with Gasteiger partial charge in [-0.1, -0.05) is 129 Å². The molecule has 7 rings (SSSR count). The number of carbonyl (C=O) groups is 3. The predicted octanol–water partition coefficient (Wildman–Crippen LogP) is 10.6. The minimum absolute atomic E-state index is 0.118. The molecule has 0 spiro atoms. The molecule has 0 fully saturated rings. The average molecular weight is 824 g/mol. The van der Waals surface area contributed by atoms with Gasteiger partial charge >= 0.3 is 0 Å². The van der Waals surface area contributed by atoms with Crippen LogP contribution in [0.2, 0.25) is 0 Å². The van der Waals surface area contributed by atoms with Crippen LogP contribution in [0.15, 0.2) is 139 Å². The fourth-order valence-corrected chi connectivity index (χ4v) is 9.23. The first-order chi connectivity index (χ1) is 28.4. The van der Waals surface area contributed by atoms with Crippen LogP contribution in [0.5, 0.6) is 0 Å². The lowest BCUT2D eigenvalue weighted by atomic mass is 10.0. The Bertz CT molecular complexity index is 2390. The van der Waals surface area contributed by atoms with Crippen molar-refractivity contribution in [2.75, 3.05) is 13.1 Å². The Balaban J connectivity index is 0.987. The molecular weight excluding hydrogens is 779 g/mol. The Hall–Kier alpha value is -5.75. The first-order valence-corrected chi connectivity index (χ1v) is 22.0. The zero-order chi connectivity index (χ0) is 40.3. The lowest BCUT2D eigenvalue weighted by Crippen LogP contribution is -2.43. The number of rotatable bonds is 17. The summed E-state index contributed by atoms with van der Waals surface area (Å²) in [5.74, 6) is -0.310. The van der Waals surface area contributed by atoms with Crippen molar-refractivity contribution < 1.29 is 14.4 Å². The normalized spacial score (nSPS) is 11.6. The van der Waals surface area contributed by atoms with Crippen molar-refractivity contribution in [1.29, 1.82) is 0 Å². The molecule has 0 saturated heterocycles. The molecule has 0 aliphatic carbocycles. The summed E-state index contributed by atoms with van der Waals surface area (Å²) in [6.07, 6.45) is 5.83. The van der Waals surface area contributed by atoms with Crippen LogP contribution < -0.4 is 5.32 Å². The quantitative estimate of drug-likeness (QED) is 0.0987. The molecule has 0 aliphatic rings. The summed E-state index contributed by atoms with van der Waals surface area (Å²) in [7, 11) is 0. The van der Waals surface area contributed by atoms with E-state index in [0.717, 1.165) is 66.0 Å². The largest absolute Gasteiger partial charge is 0.336 e. The number of hydrogen-bond donors (Lipinski definition) is 1. The van der Waals surface area contributed by atoms with Crippen LogP contribution in [0.3, 0.4) is 0 Å². The van der Waals surface area contributed by atoms with Crippen molar-refractivity contribution in [2.45, 2.75) is 52.2 Å². The summed E-state index contributed by atoms with van der Waals surface area (Å²) in [6, 6.07) is 39.0. The molecule has 294 valence electrons. The Kier molecular flexibility index (Phi) is 13.7. The van der Waals surface area contributed by atoms with Crippen LogP contribution >= 0.6 is 34.0 Å². The first kappa shape index (κ1) is 40.4. The van der Waals surface area contributed by atoms with Crippen LogP contribution in [0, 0.1) is 0 Å². The van der Waals surface area contributed by atoms with E-state index in [9.17, 15) is 14.4 Å². The van der Waals surface area contributed by atoms with E-state index in [4.69, 9.17) is 4.98 Å². The molecule has 7 aromatic rings. The maximum Gasteiger partial charge on any atom is 0.262 e. The molecule has 8 nitrogen and oxygen atoms in total. The van der Waals surface area contributed by atoms with E-state index in [2.05, 4.69) is 65.8 Å². The summed E-state index contributed by atoms with van der Waals surface area (Å²) >= 11 is 4.55. The van der Waals surface area contributed by atoms with Gasteiger partial charge in [-0.3, -0.25) is 14.4 Å². The molecule has 58 heavy (non-hydrogen) atoms. The van der Waals surface area contributed by atoms with E-state index in [1.54, 1.807) is 33.6 Å². The summed E-state index contributed by atoms with van der Waals surface area (Å²) in [5, 5.41) is 6.60. The van der Waals surface area contributed by atoms with E-state index >= 15 is 0 Å². The number of amides is 3. The minimum atomic E-state index is -0.813. The highest BCUT2D eigenvalue weighted by Gasteiger charge is 2.29. The van der Waals surface area contributed by atoms with Gasteiger partial charge in [-0.25, -0.2) is 9.97 Å². The van der Waals surface area contributed by atoms with Gasteiger partial charge in [0.1, 0.15) is 16.1 Å². The molecule has 11 heteroatoms. The van der Waals surface area contributed by atoms with Gasteiger partial charge in [-0.2, -0.15) is 0 Å². The third kappa shape index (κ3) is 10.2. The van der Waals surface area contributed by atoms with Crippen LogP contribution in [0.4, 0.5) is 0 Å². The number of aromatic nitrogens is 2. The number of thiophene rings is 1. The highest BCUT2D eigenvalue weighted by molar-refractivity contribution is 7.15. The standard InChI is InChI=1S/C47H45N5O3S3/c1-3-25-51(44(53)28-33-12-7-5-8-13-33)31-42-48-29-40(57-42)36-21-17-34(18-22-36)35-19-23-37(24-20-35)41-30-49-43(58-41)32-52(26-4-2)47(55)45(38-14-9-6-10-15-38)50-46(54)39-16-11-27-56-39/h5-24,27,29-30,45H,3-4,25-26,28,31-32H2,1-2H3,(H,50,54)/t45-/m0/s1. The number of benzene rings is 4. The summed E-state index contributed by atoms with van der Waals surface area (Å²) in [6.45, 7) is 6.23. The van der Waals surface area contributed by atoms with Crippen molar-refractivity contribution in [3.8, 4) is 32.0 Å². The minimum Gasteiger partial charge on any atom is -0.336 e. The van der Waals surface area contributed by atoms with Crippen LogP contribution in [0.25, 0.3) is 32.0 Å². The fraction of sp³-hybridized carbons (Fsp3) is 0.213. The summed E-state index contributed by atoms with van der Waals surface area (Å²) < 4.78 is 0. The molecule has 3 aromatic heterocycles. The lowest BCUT2D eigenvalue weighted by molar-refractivity contribution is -0.134. The number of nitrogens with one attached hydrogen (secondary N) is 1. The number of nitrogens with zero attached hydrogens (tertiary/aromatic N) is 4. The fourth-order valence-electron chi connectivity index (χ4n) is 6.72. The smallest absolute Gasteiger partial charge is 0.262 e. The summed E-state index contributed by atoms with van der Waals surface area (Å²) in [4.78, 5) is 56.1. The van der Waals surface area contributed by atoms with Crippen molar-refractivity contribution in [3.63, 3.8) is 0 Å². The van der Waals surface area contributed by atoms with E-state index in [1.807, 2.05) is 96.3 Å². The molecular formula is C47H45N5O3S3. The third-order valence-electron chi connectivity index (χ3n) is 9.68. The van der Waals surface area contributed by atoms with Gasteiger partial charge in [0, 0.05) is 25.5 Å². The monoisotopic (exact) mass is 823 g/mol. The first-order valence-electron chi connectivity index (χ1n) is 19.5. The SMILES string of the molecule is CCCN(Cc1ncc(-c2ccc(-c3ccc(-c4cnc(CN(CCC)C(=O)[C@@H](NC(=O)c5cccs5)c5ccccc5)s4)cc3)cc2)s1)C(=O)Cc1ccccc1. The van der Waals surface area contributed by atoms with Gasteiger partial charge < -0.3 is 15.1 Å². The molecule has 1 atom stereocenters. The van der Waals surface area contributed by atoms with Gasteiger partial charge in [-0.05, 0) is 57.7 Å². The maximum atomic E-state index is 14.1. The second kappa shape index (κ2) is 19.6. The zero-order valence-electron chi connectivity index (χ0n) is 32.5. The second-order valence-electron chi connectivity index (χ2n) is 13.9. The van der Waals surface area contributed by atoms with Crippen molar-refractivity contribution in [3.05, 3.63) is 165 Å². The maximum absolute atomic E-state index is 14.1. The molecule has 0 aliphatic heterocycles. The van der Waals surface area contributed by atoms with Gasteiger partial charge in [-0.15, -0.1) is 34.0 Å². The van der Waals surface area contributed by atoms with Gasteiger partial charge in [0.25, 0.3) is 5.91 Å². The topological polar surface area (TPSA) is 95.5 Å².